The molecule has 1 aromatic heterocycles. The van der Waals surface area contributed by atoms with Gasteiger partial charge >= 0.3 is 11.7 Å². The molecule has 0 atom stereocenters. The molecule has 0 radical (unpaired) electrons. The Kier molecular flexibility index (Phi) is 7.17. The number of aromatic nitrogens is 2. The Labute approximate surface area is 202 Å². The van der Waals surface area contributed by atoms with E-state index >= 15 is 0 Å². The number of carbonyl (C=O) groups excluding carboxylic acids is 2. The number of piperidine rings is 1. The number of hydrogen-bond donors (Lipinski definition) is 1. The second-order valence-corrected chi connectivity index (χ2v) is 8.70. The van der Waals surface area contributed by atoms with Crippen LogP contribution >= 0.6 is 11.6 Å². The molecule has 1 saturated heterocycles. The lowest BCUT2D eigenvalue weighted by Crippen LogP contribution is -2.39. The summed E-state index contributed by atoms with van der Waals surface area (Å²) >= 11 is 6.15. The van der Waals surface area contributed by atoms with E-state index in [4.69, 9.17) is 16.3 Å². The molecule has 0 spiro atoms. The highest BCUT2D eigenvalue weighted by molar-refractivity contribution is 6.31. The van der Waals surface area contributed by atoms with Crippen molar-refractivity contribution in [3.63, 3.8) is 0 Å². The number of amides is 1. The van der Waals surface area contributed by atoms with Crippen LogP contribution in [0.5, 0.6) is 0 Å². The lowest BCUT2D eigenvalue weighted by atomic mass is 9.97. The van der Waals surface area contributed by atoms with Crippen LogP contribution in [0, 0.1) is 12.8 Å². The third kappa shape index (κ3) is 4.92. The van der Waals surface area contributed by atoms with Crippen molar-refractivity contribution in [2.24, 2.45) is 5.92 Å². The number of ether oxygens (including phenoxy) is 1. The maximum absolute atomic E-state index is 13.0. The highest BCUT2D eigenvalue weighted by atomic mass is 35.5. The minimum Gasteiger partial charge on any atom is -0.466 e. The zero-order chi connectivity index (χ0) is 24.2. The van der Waals surface area contributed by atoms with E-state index in [-0.39, 0.29) is 24.3 Å². The van der Waals surface area contributed by atoms with E-state index < -0.39 is 5.69 Å². The monoisotopic (exact) mass is 482 g/mol. The largest absolute Gasteiger partial charge is 0.466 e. The van der Waals surface area contributed by atoms with Crippen LogP contribution in [-0.4, -0.2) is 41.1 Å². The number of rotatable bonds is 6. The molecule has 2 aromatic carbocycles. The Bertz CT molecular complexity index is 1280. The number of anilines is 2. The Balaban J connectivity index is 1.58. The number of nitrogens with zero attached hydrogens (tertiary/aromatic N) is 3. The van der Waals surface area contributed by atoms with Crippen molar-refractivity contribution < 1.29 is 14.3 Å². The summed E-state index contributed by atoms with van der Waals surface area (Å²) in [7, 11) is 0. The van der Waals surface area contributed by atoms with Crippen molar-refractivity contribution in [2.45, 2.75) is 33.2 Å². The SMILES string of the molecule is CCOC(=O)C1CCN(c2nc(=O)n(CC(=O)Nc3cccc(Cl)c3C)c3ccccc23)CC1. The van der Waals surface area contributed by atoms with Crippen LogP contribution in [0.15, 0.2) is 47.3 Å². The molecule has 2 heterocycles. The fraction of sp³-hybridized carbons (Fsp3) is 0.360. The molecule has 34 heavy (non-hydrogen) atoms. The number of para-hydroxylation sites is 1. The van der Waals surface area contributed by atoms with Crippen LogP contribution in [0.25, 0.3) is 10.9 Å². The second-order valence-electron chi connectivity index (χ2n) is 8.30. The molecule has 1 amide bonds. The molecule has 8 nitrogen and oxygen atoms in total. The first kappa shape index (κ1) is 23.8. The number of carbonyl (C=O) groups is 2. The molecule has 0 unspecified atom stereocenters. The predicted octanol–water partition coefficient (Wildman–Crippen LogP) is 3.78. The third-order valence-corrected chi connectivity index (χ3v) is 6.54. The van der Waals surface area contributed by atoms with E-state index in [0.29, 0.717) is 54.6 Å². The average molecular weight is 483 g/mol. The van der Waals surface area contributed by atoms with Gasteiger partial charge in [0.25, 0.3) is 0 Å². The minimum atomic E-state index is -0.501. The van der Waals surface area contributed by atoms with E-state index in [1.165, 1.54) is 4.57 Å². The fourth-order valence-corrected chi connectivity index (χ4v) is 4.44. The molecule has 0 saturated carbocycles. The maximum Gasteiger partial charge on any atom is 0.350 e. The Morgan fingerprint density at radius 2 is 1.88 bits per heavy atom. The van der Waals surface area contributed by atoms with Crippen molar-refractivity contribution in [1.29, 1.82) is 0 Å². The van der Waals surface area contributed by atoms with Gasteiger partial charge in [0.05, 0.1) is 18.0 Å². The van der Waals surface area contributed by atoms with Crippen LogP contribution in [-0.2, 0) is 20.9 Å². The lowest BCUT2D eigenvalue weighted by Gasteiger charge is -2.32. The zero-order valence-corrected chi connectivity index (χ0v) is 20.0. The molecule has 3 aromatic rings. The van der Waals surface area contributed by atoms with E-state index in [2.05, 4.69) is 10.3 Å². The maximum atomic E-state index is 13.0. The zero-order valence-electron chi connectivity index (χ0n) is 19.2. The normalized spacial score (nSPS) is 14.3. The quantitative estimate of drug-likeness (QED) is 0.537. The molecule has 1 aliphatic heterocycles. The van der Waals surface area contributed by atoms with Crippen molar-refractivity contribution in [2.75, 3.05) is 29.9 Å². The van der Waals surface area contributed by atoms with E-state index in [1.54, 1.807) is 25.1 Å². The summed E-state index contributed by atoms with van der Waals surface area (Å²) < 4.78 is 6.52. The summed E-state index contributed by atoms with van der Waals surface area (Å²) in [6, 6.07) is 12.7. The lowest BCUT2D eigenvalue weighted by molar-refractivity contribution is -0.148. The van der Waals surface area contributed by atoms with Crippen LogP contribution < -0.4 is 15.9 Å². The number of fused-ring (bicyclic) bond motifs is 1. The van der Waals surface area contributed by atoms with Gasteiger partial charge in [-0.3, -0.25) is 14.2 Å². The molecule has 0 aliphatic carbocycles. The highest BCUT2D eigenvalue weighted by Crippen LogP contribution is 2.28. The summed E-state index contributed by atoms with van der Waals surface area (Å²) in [6.45, 7) is 5.00. The van der Waals surface area contributed by atoms with Gasteiger partial charge in [0, 0.05) is 29.2 Å². The molecule has 178 valence electrons. The molecular weight excluding hydrogens is 456 g/mol. The highest BCUT2D eigenvalue weighted by Gasteiger charge is 2.28. The molecule has 4 rings (SSSR count). The summed E-state index contributed by atoms with van der Waals surface area (Å²) in [5.74, 6) is -0.0783. The van der Waals surface area contributed by atoms with E-state index in [9.17, 15) is 14.4 Å². The third-order valence-electron chi connectivity index (χ3n) is 6.13. The van der Waals surface area contributed by atoms with Crippen molar-refractivity contribution >= 4 is 45.9 Å². The van der Waals surface area contributed by atoms with Crippen LogP contribution in [0.3, 0.4) is 0 Å². The van der Waals surface area contributed by atoms with Crippen LogP contribution in [0.1, 0.15) is 25.3 Å². The Morgan fingerprint density at radius 3 is 2.62 bits per heavy atom. The molecule has 1 aliphatic rings. The number of benzene rings is 2. The van der Waals surface area contributed by atoms with E-state index in [0.717, 1.165) is 10.9 Å². The van der Waals surface area contributed by atoms with Gasteiger partial charge in [0.15, 0.2) is 0 Å². The number of nitrogens with one attached hydrogen (secondary N) is 1. The van der Waals surface area contributed by atoms with Crippen molar-refractivity contribution in [3.05, 3.63) is 63.5 Å². The van der Waals surface area contributed by atoms with Crippen molar-refractivity contribution in [1.82, 2.24) is 9.55 Å². The number of hydrogen-bond acceptors (Lipinski definition) is 6. The first-order valence-corrected chi connectivity index (χ1v) is 11.7. The number of esters is 1. The Morgan fingerprint density at radius 1 is 1.15 bits per heavy atom. The van der Waals surface area contributed by atoms with Crippen LogP contribution in [0.4, 0.5) is 11.5 Å². The van der Waals surface area contributed by atoms with Crippen LogP contribution in [0.2, 0.25) is 5.02 Å². The van der Waals surface area contributed by atoms with Gasteiger partial charge in [-0.05, 0) is 56.5 Å². The predicted molar refractivity (Wildman–Crippen MR) is 132 cm³/mol. The van der Waals surface area contributed by atoms with Gasteiger partial charge < -0.3 is 15.0 Å². The van der Waals surface area contributed by atoms with Crippen molar-refractivity contribution in [3.8, 4) is 0 Å². The topological polar surface area (TPSA) is 93.5 Å². The fourth-order valence-electron chi connectivity index (χ4n) is 4.27. The summed E-state index contributed by atoms with van der Waals surface area (Å²) in [5.41, 5.74) is 1.49. The first-order valence-electron chi connectivity index (χ1n) is 11.3. The van der Waals surface area contributed by atoms with Gasteiger partial charge in [0.2, 0.25) is 5.91 Å². The summed E-state index contributed by atoms with van der Waals surface area (Å²) in [4.78, 5) is 44.2. The van der Waals surface area contributed by atoms with Gasteiger partial charge in [0.1, 0.15) is 12.4 Å². The van der Waals surface area contributed by atoms with Gasteiger partial charge in [-0.1, -0.05) is 29.8 Å². The summed E-state index contributed by atoms with van der Waals surface area (Å²) in [5, 5.41) is 4.16. The molecule has 9 heteroatoms. The molecular formula is C25H27ClN4O4. The van der Waals surface area contributed by atoms with Gasteiger partial charge in [-0.2, -0.15) is 4.98 Å². The number of halogens is 1. The molecule has 1 fully saturated rings. The second kappa shape index (κ2) is 10.3. The smallest absolute Gasteiger partial charge is 0.350 e. The minimum absolute atomic E-state index is 0.138. The average Bonchev–Trinajstić information content (AvgIpc) is 2.84. The van der Waals surface area contributed by atoms with Gasteiger partial charge in [-0.15, -0.1) is 0 Å². The van der Waals surface area contributed by atoms with E-state index in [1.807, 2.05) is 36.1 Å². The van der Waals surface area contributed by atoms with Gasteiger partial charge in [-0.25, -0.2) is 4.79 Å². The molecule has 0 bridgehead atoms. The summed E-state index contributed by atoms with van der Waals surface area (Å²) in [6.07, 6.45) is 1.28. The standard InChI is InChI=1S/C25H27ClN4O4/c1-3-34-24(32)17-11-13-29(14-12-17)23-18-7-4-5-10-21(18)30(25(33)28-23)15-22(31)27-20-9-6-8-19(26)16(20)2/h4-10,17H,3,11-15H2,1-2H3,(H,27,31). The first-order chi connectivity index (χ1) is 16.4. The molecule has 1 N–H and O–H groups in total. The Hall–Kier alpha value is -3.39.